The average Bonchev–Trinajstić information content (AvgIpc) is 2.10. The van der Waals surface area contributed by atoms with Crippen LogP contribution in [0.4, 0.5) is 0 Å². The molecule has 0 aromatic rings. The predicted molar refractivity (Wildman–Crippen MR) is 65.3 cm³/mol. The number of hydrogen-bond donors (Lipinski definition) is 0. The van der Waals surface area contributed by atoms with Crippen molar-refractivity contribution in [1.29, 1.82) is 0 Å². The van der Waals surface area contributed by atoms with Crippen molar-refractivity contribution in [3.8, 4) is 0 Å². The van der Waals surface area contributed by atoms with Crippen molar-refractivity contribution in [2.24, 2.45) is 0 Å². The van der Waals surface area contributed by atoms with Gasteiger partial charge in [-0.1, -0.05) is 6.42 Å². The summed E-state index contributed by atoms with van der Waals surface area (Å²) in [6.45, 7) is 9.17. The Kier molecular flexibility index (Phi) is 8.00. The summed E-state index contributed by atoms with van der Waals surface area (Å²) in [6, 6.07) is 1.43. The lowest BCUT2D eigenvalue weighted by molar-refractivity contribution is 0.196. The molecule has 0 bridgehead atoms. The summed E-state index contributed by atoms with van der Waals surface area (Å²) in [5, 5.41) is 0. The van der Waals surface area contributed by atoms with E-state index < -0.39 is 0 Å². The van der Waals surface area contributed by atoms with Gasteiger partial charge in [-0.05, 0) is 53.5 Å². The van der Waals surface area contributed by atoms with Crippen molar-refractivity contribution in [1.82, 2.24) is 4.90 Å². The van der Waals surface area contributed by atoms with Gasteiger partial charge in [0.05, 0.1) is 0 Å². The van der Waals surface area contributed by atoms with E-state index in [4.69, 9.17) is 0 Å². The van der Waals surface area contributed by atoms with Crippen LogP contribution in [-0.4, -0.2) is 36.9 Å². The Balaban J connectivity index is 3.44. The fraction of sp³-hybridized carbons (Fsp3) is 1.00. The Bertz CT molecular complexity index is 115. The molecule has 2 atom stereocenters. The summed E-state index contributed by atoms with van der Waals surface area (Å²) in [7, 11) is 3.37. The molecular formula is C11H26NP. The largest absolute Gasteiger partial charge is 0.301 e. The van der Waals surface area contributed by atoms with E-state index in [1.54, 1.807) is 0 Å². The lowest BCUT2D eigenvalue weighted by Crippen LogP contribution is -2.34. The molecular weight excluding hydrogens is 177 g/mol. The van der Waals surface area contributed by atoms with E-state index in [1.807, 2.05) is 0 Å². The maximum absolute atomic E-state index is 2.47. The molecule has 2 unspecified atom stereocenters. The molecule has 0 saturated carbocycles. The fourth-order valence-electron chi connectivity index (χ4n) is 1.45. The van der Waals surface area contributed by atoms with Crippen LogP contribution >= 0.6 is 8.58 Å². The molecule has 0 aliphatic heterocycles. The fourth-order valence-corrected chi connectivity index (χ4v) is 2.06. The van der Waals surface area contributed by atoms with Gasteiger partial charge in [0, 0.05) is 12.1 Å². The van der Waals surface area contributed by atoms with E-state index in [9.17, 15) is 0 Å². The average molecular weight is 203 g/mol. The predicted octanol–water partition coefficient (Wildman–Crippen LogP) is 3.19. The van der Waals surface area contributed by atoms with E-state index in [0.717, 1.165) is 14.6 Å². The van der Waals surface area contributed by atoms with Crippen LogP contribution in [-0.2, 0) is 0 Å². The van der Waals surface area contributed by atoms with Crippen molar-refractivity contribution in [2.45, 2.75) is 52.1 Å². The monoisotopic (exact) mass is 203 g/mol. The van der Waals surface area contributed by atoms with Crippen molar-refractivity contribution in [3.63, 3.8) is 0 Å². The van der Waals surface area contributed by atoms with Gasteiger partial charge in [-0.3, -0.25) is 0 Å². The second-order valence-electron chi connectivity index (χ2n) is 4.21. The van der Waals surface area contributed by atoms with Crippen LogP contribution in [0.2, 0.25) is 0 Å². The number of nitrogens with zero attached hydrogens (tertiary/aromatic N) is 1. The van der Waals surface area contributed by atoms with Crippen LogP contribution in [0.15, 0.2) is 0 Å². The van der Waals surface area contributed by atoms with Gasteiger partial charge in [0.1, 0.15) is 0 Å². The van der Waals surface area contributed by atoms with E-state index in [2.05, 4.69) is 39.4 Å². The Morgan fingerprint density at radius 1 is 1.15 bits per heavy atom. The molecule has 0 spiro atoms. The Morgan fingerprint density at radius 3 is 2.23 bits per heavy atom. The molecule has 0 rings (SSSR count). The first-order chi connectivity index (χ1) is 6.09. The first kappa shape index (κ1) is 13.4. The van der Waals surface area contributed by atoms with Crippen LogP contribution in [0.3, 0.4) is 0 Å². The van der Waals surface area contributed by atoms with Crippen molar-refractivity contribution in [3.05, 3.63) is 0 Å². The third-order valence-corrected chi connectivity index (χ3v) is 3.66. The Hall–Kier alpha value is 0.390. The molecule has 0 fully saturated rings. The zero-order valence-electron chi connectivity index (χ0n) is 9.93. The second-order valence-corrected chi connectivity index (χ2v) is 5.41. The molecule has 0 aromatic heterocycles. The molecule has 0 radical (unpaired) electrons. The third-order valence-electron chi connectivity index (χ3n) is 2.81. The number of rotatable bonds is 7. The normalized spacial score (nSPS) is 15.0. The van der Waals surface area contributed by atoms with Gasteiger partial charge in [-0.2, -0.15) is 0 Å². The van der Waals surface area contributed by atoms with Crippen molar-refractivity contribution in [2.75, 3.05) is 19.9 Å². The zero-order chi connectivity index (χ0) is 10.3. The smallest absolute Gasteiger partial charge is 0.00665 e. The SMILES string of the molecule is CPCCCCC(C)N(C)C(C)C. The summed E-state index contributed by atoms with van der Waals surface area (Å²) in [5.41, 5.74) is 0. The lowest BCUT2D eigenvalue weighted by Gasteiger charge is -2.28. The van der Waals surface area contributed by atoms with Gasteiger partial charge in [0.25, 0.3) is 0 Å². The highest BCUT2D eigenvalue weighted by Gasteiger charge is 2.10. The van der Waals surface area contributed by atoms with Gasteiger partial charge in [0.15, 0.2) is 0 Å². The first-order valence-corrected chi connectivity index (χ1v) is 7.16. The minimum atomic E-state index is 0.683. The van der Waals surface area contributed by atoms with Gasteiger partial charge in [-0.25, -0.2) is 0 Å². The van der Waals surface area contributed by atoms with Crippen LogP contribution in [0.25, 0.3) is 0 Å². The van der Waals surface area contributed by atoms with E-state index in [1.165, 1.54) is 25.4 Å². The van der Waals surface area contributed by atoms with Crippen LogP contribution < -0.4 is 0 Å². The maximum Gasteiger partial charge on any atom is 0.00665 e. The van der Waals surface area contributed by atoms with Gasteiger partial charge < -0.3 is 4.90 Å². The minimum Gasteiger partial charge on any atom is -0.301 e. The van der Waals surface area contributed by atoms with E-state index >= 15 is 0 Å². The molecule has 0 heterocycles. The van der Waals surface area contributed by atoms with E-state index in [-0.39, 0.29) is 0 Å². The molecule has 0 saturated heterocycles. The highest BCUT2D eigenvalue weighted by atomic mass is 31.1. The maximum atomic E-state index is 2.47. The summed E-state index contributed by atoms with van der Waals surface area (Å²) in [6.07, 6.45) is 5.61. The molecule has 0 amide bonds. The molecule has 1 nitrogen and oxygen atoms in total. The molecule has 0 aromatic carbocycles. The molecule has 0 N–H and O–H groups in total. The number of unbranched alkanes of at least 4 members (excludes halogenated alkanes) is 1. The topological polar surface area (TPSA) is 3.24 Å². The third kappa shape index (κ3) is 6.46. The molecule has 13 heavy (non-hydrogen) atoms. The van der Waals surface area contributed by atoms with Crippen molar-refractivity contribution < 1.29 is 0 Å². The summed E-state index contributed by atoms with van der Waals surface area (Å²) in [4.78, 5) is 2.47. The van der Waals surface area contributed by atoms with E-state index in [0.29, 0.717) is 6.04 Å². The highest BCUT2D eigenvalue weighted by molar-refractivity contribution is 7.36. The van der Waals surface area contributed by atoms with Crippen LogP contribution in [0, 0.1) is 0 Å². The Morgan fingerprint density at radius 2 is 1.77 bits per heavy atom. The number of hydrogen-bond acceptors (Lipinski definition) is 1. The Labute approximate surface area is 86.1 Å². The first-order valence-electron chi connectivity index (χ1n) is 5.46. The zero-order valence-corrected chi connectivity index (χ0v) is 10.9. The van der Waals surface area contributed by atoms with Crippen LogP contribution in [0.1, 0.15) is 40.0 Å². The summed E-state index contributed by atoms with van der Waals surface area (Å²) in [5.74, 6) is 0. The van der Waals surface area contributed by atoms with Crippen LogP contribution in [0.5, 0.6) is 0 Å². The standard InChI is InChI=1S/C11H26NP/c1-10(2)12(4)11(3)8-6-7-9-13-5/h10-11,13H,6-9H2,1-5H3. The van der Waals surface area contributed by atoms with Gasteiger partial charge in [-0.15, -0.1) is 8.58 Å². The summed E-state index contributed by atoms with van der Waals surface area (Å²) >= 11 is 0. The van der Waals surface area contributed by atoms with Gasteiger partial charge in [0.2, 0.25) is 0 Å². The van der Waals surface area contributed by atoms with Gasteiger partial charge >= 0.3 is 0 Å². The molecule has 0 aliphatic carbocycles. The quantitative estimate of drug-likeness (QED) is 0.453. The highest BCUT2D eigenvalue weighted by Crippen LogP contribution is 2.12. The molecule has 2 heteroatoms. The summed E-state index contributed by atoms with van der Waals surface area (Å²) < 4.78 is 0. The lowest BCUT2D eigenvalue weighted by atomic mass is 10.1. The second kappa shape index (κ2) is 7.76. The molecule has 80 valence electrons. The van der Waals surface area contributed by atoms with Crippen molar-refractivity contribution >= 4 is 8.58 Å². The molecule has 0 aliphatic rings. The minimum absolute atomic E-state index is 0.683.